The van der Waals surface area contributed by atoms with Crippen molar-refractivity contribution in [1.82, 2.24) is 10.3 Å². The van der Waals surface area contributed by atoms with Crippen molar-refractivity contribution in [2.45, 2.75) is 33.7 Å². The summed E-state index contributed by atoms with van der Waals surface area (Å²) in [6.07, 6.45) is 1.47. The average molecular weight is 322 g/mol. The summed E-state index contributed by atoms with van der Waals surface area (Å²) in [4.78, 5) is 28.7. The van der Waals surface area contributed by atoms with E-state index in [0.717, 1.165) is 5.56 Å². The standard InChI is InChI=1S/C15H18N2O4S/c1-5-20-15(19)12-9(3)17-14(22-12)10(4)16-13(18)11-8(2)6-7-21-11/h6-7,10H,5H2,1-4H3,(H,16,18)/t10-/m0/s1. The number of rotatable bonds is 5. The van der Waals surface area contributed by atoms with Crippen molar-refractivity contribution < 1.29 is 18.7 Å². The number of hydrogen-bond acceptors (Lipinski definition) is 6. The molecule has 2 rings (SSSR count). The zero-order valence-electron chi connectivity index (χ0n) is 12.9. The number of aromatic nitrogens is 1. The summed E-state index contributed by atoms with van der Waals surface area (Å²) in [7, 11) is 0. The molecular weight excluding hydrogens is 304 g/mol. The molecule has 0 saturated heterocycles. The second-order valence-electron chi connectivity index (χ2n) is 4.81. The fraction of sp³-hybridized carbons (Fsp3) is 0.400. The van der Waals surface area contributed by atoms with Gasteiger partial charge in [0.15, 0.2) is 5.76 Å². The topological polar surface area (TPSA) is 81.4 Å². The van der Waals surface area contributed by atoms with Gasteiger partial charge in [-0.3, -0.25) is 4.79 Å². The summed E-state index contributed by atoms with van der Waals surface area (Å²) in [6, 6.07) is 1.40. The van der Waals surface area contributed by atoms with Crippen molar-refractivity contribution in [2.75, 3.05) is 6.61 Å². The fourth-order valence-corrected chi connectivity index (χ4v) is 2.88. The number of ether oxygens (including phenoxy) is 1. The molecular formula is C15H18N2O4S. The minimum absolute atomic E-state index is 0.283. The molecule has 0 bridgehead atoms. The molecule has 0 fully saturated rings. The first kappa shape index (κ1) is 16.2. The predicted octanol–water partition coefficient (Wildman–Crippen LogP) is 3.02. The third-order valence-corrected chi connectivity index (χ3v) is 4.38. The van der Waals surface area contributed by atoms with Gasteiger partial charge in [0.1, 0.15) is 9.88 Å². The Morgan fingerprint density at radius 1 is 1.45 bits per heavy atom. The summed E-state index contributed by atoms with van der Waals surface area (Å²) in [5, 5.41) is 3.47. The van der Waals surface area contributed by atoms with Crippen LogP contribution >= 0.6 is 11.3 Å². The lowest BCUT2D eigenvalue weighted by atomic mass is 10.2. The average Bonchev–Trinajstić information content (AvgIpc) is 3.05. The van der Waals surface area contributed by atoms with E-state index in [1.165, 1.54) is 17.6 Å². The number of amides is 1. The van der Waals surface area contributed by atoms with Gasteiger partial charge in [0, 0.05) is 5.56 Å². The van der Waals surface area contributed by atoms with E-state index in [1.54, 1.807) is 26.8 Å². The quantitative estimate of drug-likeness (QED) is 0.856. The van der Waals surface area contributed by atoms with Crippen LogP contribution < -0.4 is 5.32 Å². The van der Waals surface area contributed by atoms with Gasteiger partial charge in [-0.05, 0) is 33.8 Å². The normalized spacial score (nSPS) is 12.0. The van der Waals surface area contributed by atoms with Crippen LogP contribution in [0.25, 0.3) is 0 Å². The van der Waals surface area contributed by atoms with Crippen LogP contribution in [0.4, 0.5) is 0 Å². The molecule has 0 aliphatic carbocycles. The van der Waals surface area contributed by atoms with Crippen LogP contribution in [-0.4, -0.2) is 23.5 Å². The van der Waals surface area contributed by atoms with Gasteiger partial charge in [0.25, 0.3) is 5.91 Å². The number of aryl methyl sites for hydroxylation is 2. The van der Waals surface area contributed by atoms with Crippen molar-refractivity contribution in [3.05, 3.63) is 39.2 Å². The Kier molecular flexibility index (Phi) is 4.97. The van der Waals surface area contributed by atoms with E-state index < -0.39 is 0 Å². The van der Waals surface area contributed by atoms with Crippen molar-refractivity contribution in [3.8, 4) is 0 Å². The number of thiazole rings is 1. The molecule has 22 heavy (non-hydrogen) atoms. The van der Waals surface area contributed by atoms with Gasteiger partial charge >= 0.3 is 5.97 Å². The molecule has 2 aromatic rings. The van der Waals surface area contributed by atoms with E-state index in [9.17, 15) is 9.59 Å². The highest BCUT2D eigenvalue weighted by Gasteiger charge is 2.22. The number of esters is 1. The Bertz CT molecular complexity index is 690. The van der Waals surface area contributed by atoms with Gasteiger partial charge in [-0.25, -0.2) is 9.78 Å². The summed E-state index contributed by atoms with van der Waals surface area (Å²) >= 11 is 1.23. The first-order valence-electron chi connectivity index (χ1n) is 6.93. The summed E-state index contributed by atoms with van der Waals surface area (Å²) in [5.74, 6) is -0.407. The highest BCUT2D eigenvalue weighted by molar-refractivity contribution is 7.13. The molecule has 118 valence electrons. The second-order valence-corrected chi connectivity index (χ2v) is 5.85. The number of carbonyl (C=O) groups is 2. The molecule has 0 aromatic carbocycles. The smallest absolute Gasteiger partial charge is 0.350 e. The second kappa shape index (κ2) is 6.74. The Hall–Kier alpha value is -2.15. The first-order chi connectivity index (χ1) is 10.4. The highest BCUT2D eigenvalue weighted by Crippen LogP contribution is 2.24. The van der Waals surface area contributed by atoms with Crippen LogP contribution in [0.5, 0.6) is 0 Å². The van der Waals surface area contributed by atoms with Crippen LogP contribution in [0.3, 0.4) is 0 Å². The zero-order valence-corrected chi connectivity index (χ0v) is 13.7. The summed E-state index contributed by atoms with van der Waals surface area (Å²) in [6.45, 7) is 7.43. The van der Waals surface area contributed by atoms with E-state index >= 15 is 0 Å². The Morgan fingerprint density at radius 3 is 2.77 bits per heavy atom. The van der Waals surface area contributed by atoms with Gasteiger partial charge in [-0.15, -0.1) is 11.3 Å². The number of furan rings is 1. The number of carbonyl (C=O) groups excluding carboxylic acids is 2. The van der Waals surface area contributed by atoms with E-state index in [4.69, 9.17) is 9.15 Å². The van der Waals surface area contributed by atoms with Crippen LogP contribution in [0.2, 0.25) is 0 Å². The van der Waals surface area contributed by atoms with Crippen LogP contribution in [0.1, 0.15) is 56.4 Å². The van der Waals surface area contributed by atoms with Gasteiger partial charge in [-0.2, -0.15) is 0 Å². The third kappa shape index (κ3) is 3.36. The molecule has 2 heterocycles. The van der Waals surface area contributed by atoms with Gasteiger partial charge in [0.2, 0.25) is 0 Å². The number of nitrogens with one attached hydrogen (secondary N) is 1. The van der Waals surface area contributed by atoms with Crippen molar-refractivity contribution >= 4 is 23.2 Å². The molecule has 0 aliphatic rings. The van der Waals surface area contributed by atoms with E-state index in [2.05, 4.69) is 10.3 Å². The monoisotopic (exact) mass is 322 g/mol. The molecule has 0 saturated carbocycles. The molecule has 0 spiro atoms. The van der Waals surface area contributed by atoms with E-state index in [-0.39, 0.29) is 23.7 Å². The summed E-state index contributed by atoms with van der Waals surface area (Å²) in [5.41, 5.74) is 1.38. The van der Waals surface area contributed by atoms with Crippen molar-refractivity contribution in [1.29, 1.82) is 0 Å². The lowest BCUT2D eigenvalue weighted by Gasteiger charge is -2.10. The molecule has 0 radical (unpaired) electrons. The molecule has 7 heteroatoms. The number of hydrogen-bond donors (Lipinski definition) is 1. The van der Waals surface area contributed by atoms with Crippen molar-refractivity contribution in [2.24, 2.45) is 0 Å². The molecule has 1 amide bonds. The van der Waals surface area contributed by atoms with E-state index in [0.29, 0.717) is 22.2 Å². The number of nitrogens with zero attached hydrogens (tertiary/aromatic N) is 1. The maximum atomic E-state index is 12.1. The fourth-order valence-electron chi connectivity index (χ4n) is 1.92. The van der Waals surface area contributed by atoms with Gasteiger partial charge in [0.05, 0.1) is 24.6 Å². The third-order valence-electron chi connectivity index (χ3n) is 3.06. The van der Waals surface area contributed by atoms with Crippen LogP contribution in [0, 0.1) is 13.8 Å². The highest BCUT2D eigenvalue weighted by atomic mass is 32.1. The molecule has 1 atom stereocenters. The largest absolute Gasteiger partial charge is 0.462 e. The molecule has 2 aromatic heterocycles. The van der Waals surface area contributed by atoms with E-state index in [1.807, 2.05) is 6.92 Å². The Balaban J connectivity index is 2.12. The zero-order chi connectivity index (χ0) is 16.3. The molecule has 0 unspecified atom stereocenters. The van der Waals surface area contributed by atoms with Gasteiger partial charge in [-0.1, -0.05) is 0 Å². The first-order valence-corrected chi connectivity index (χ1v) is 7.75. The Morgan fingerprint density at radius 2 is 2.18 bits per heavy atom. The lowest BCUT2D eigenvalue weighted by Crippen LogP contribution is -2.26. The summed E-state index contributed by atoms with van der Waals surface area (Å²) < 4.78 is 10.1. The SMILES string of the molecule is CCOC(=O)c1sc([C@H](C)NC(=O)c2occc2C)nc1C. The van der Waals surface area contributed by atoms with Crippen molar-refractivity contribution in [3.63, 3.8) is 0 Å². The molecule has 0 aliphatic heterocycles. The van der Waals surface area contributed by atoms with Crippen LogP contribution in [-0.2, 0) is 4.74 Å². The minimum Gasteiger partial charge on any atom is -0.462 e. The Labute approximate surface area is 132 Å². The maximum absolute atomic E-state index is 12.1. The predicted molar refractivity (Wildman–Crippen MR) is 82.1 cm³/mol. The molecule has 6 nitrogen and oxygen atoms in total. The van der Waals surface area contributed by atoms with Crippen LogP contribution in [0.15, 0.2) is 16.7 Å². The van der Waals surface area contributed by atoms with Gasteiger partial charge < -0.3 is 14.5 Å². The minimum atomic E-state index is -0.385. The maximum Gasteiger partial charge on any atom is 0.350 e. The lowest BCUT2D eigenvalue weighted by molar-refractivity contribution is 0.0531. The molecule has 1 N–H and O–H groups in total.